The molecule has 0 aromatic carbocycles. The molecule has 17 heavy (non-hydrogen) atoms. The van der Waals surface area contributed by atoms with Crippen LogP contribution in [0, 0.1) is 0 Å². The Morgan fingerprint density at radius 2 is 2.47 bits per heavy atom. The minimum absolute atomic E-state index is 0.265. The van der Waals surface area contributed by atoms with Gasteiger partial charge in [0.2, 0.25) is 0 Å². The molecular weight excluding hydrogens is 232 g/mol. The highest BCUT2D eigenvalue weighted by atomic mass is 32.1. The van der Waals surface area contributed by atoms with Crippen molar-refractivity contribution in [1.82, 2.24) is 0 Å². The van der Waals surface area contributed by atoms with Gasteiger partial charge < -0.3 is 9.84 Å². The smallest absolute Gasteiger partial charge is 0.0697 e. The van der Waals surface area contributed by atoms with Crippen molar-refractivity contribution in [2.24, 2.45) is 0 Å². The molecule has 96 valence electrons. The van der Waals surface area contributed by atoms with Gasteiger partial charge in [0, 0.05) is 13.0 Å². The van der Waals surface area contributed by atoms with Crippen molar-refractivity contribution in [2.45, 2.75) is 57.2 Å². The van der Waals surface area contributed by atoms with Crippen LogP contribution in [-0.4, -0.2) is 23.4 Å². The van der Waals surface area contributed by atoms with Crippen LogP contribution in [0.3, 0.4) is 0 Å². The molecule has 0 spiro atoms. The van der Waals surface area contributed by atoms with Crippen molar-refractivity contribution in [2.75, 3.05) is 6.61 Å². The van der Waals surface area contributed by atoms with Crippen LogP contribution in [-0.2, 0) is 11.2 Å². The zero-order valence-corrected chi connectivity index (χ0v) is 11.3. The van der Waals surface area contributed by atoms with Crippen molar-refractivity contribution in [1.29, 1.82) is 0 Å². The summed E-state index contributed by atoms with van der Waals surface area (Å²) in [5.41, 5.74) is 0.849. The van der Waals surface area contributed by atoms with Crippen molar-refractivity contribution in [3.63, 3.8) is 0 Å². The molecule has 2 atom stereocenters. The predicted octanol–water partition coefficient (Wildman–Crippen LogP) is 3.39. The average molecular weight is 254 g/mol. The molecule has 0 saturated carbocycles. The normalized spacial score (nSPS) is 29.4. The van der Waals surface area contributed by atoms with Crippen molar-refractivity contribution in [3.8, 4) is 0 Å². The van der Waals surface area contributed by atoms with Crippen molar-refractivity contribution < 1.29 is 9.84 Å². The number of hydrogen-bond donors (Lipinski definition) is 1. The van der Waals surface area contributed by atoms with E-state index in [-0.39, 0.29) is 6.10 Å². The summed E-state index contributed by atoms with van der Waals surface area (Å²) in [7, 11) is 0. The van der Waals surface area contributed by atoms with Gasteiger partial charge in [-0.25, -0.2) is 0 Å². The lowest BCUT2D eigenvalue weighted by atomic mass is 9.84. The fourth-order valence-corrected chi connectivity index (χ4v) is 3.25. The molecule has 1 fully saturated rings. The van der Waals surface area contributed by atoms with Gasteiger partial charge in [-0.1, -0.05) is 13.3 Å². The number of aryl methyl sites for hydroxylation is 1. The van der Waals surface area contributed by atoms with Gasteiger partial charge in [0.05, 0.1) is 11.7 Å². The van der Waals surface area contributed by atoms with Crippen LogP contribution in [0.25, 0.3) is 0 Å². The monoisotopic (exact) mass is 254 g/mol. The maximum Gasteiger partial charge on any atom is 0.0697 e. The van der Waals surface area contributed by atoms with E-state index >= 15 is 0 Å². The van der Waals surface area contributed by atoms with Gasteiger partial charge in [-0.3, -0.25) is 0 Å². The summed E-state index contributed by atoms with van der Waals surface area (Å²) in [4.78, 5) is 0. The van der Waals surface area contributed by atoms with Crippen LogP contribution in [0.5, 0.6) is 0 Å². The minimum atomic E-state index is -0.500. The molecule has 1 aromatic rings. The lowest BCUT2D eigenvalue weighted by molar-refractivity contribution is -0.108. The van der Waals surface area contributed by atoms with Crippen LogP contribution in [0.15, 0.2) is 16.8 Å². The zero-order chi connectivity index (χ0) is 12.1. The Morgan fingerprint density at radius 3 is 3.18 bits per heavy atom. The number of thiophene rings is 1. The van der Waals surface area contributed by atoms with E-state index in [1.54, 1.807) is 11.3 Å². The number of ether oxygens (including phenoxy) is 1. The molecule has 1 saturated heterocycles. The molecule has 0 bridgehead atoms. The Kier molecular flexibility index (Phi) is 4.60. The van der Waals surface area contributed by atoms with E-state index in [1.165, 1.54) is 5.56 Å². The summed E-state index contributed by atoms with van der Waals surface area (Å²) in [6.07, 6.45) is 5.92. The largest absolute Gasteiger partial charge is 0.390 e. The highest BCUT2D eigenvalue weighted by Crippen LogP contribution is 2.31. The van der Waals surface area contributed by atoms with Crippen molar-refractivity contribution >= 4 is 11.3 Å². The molecule has 0 radical (unpaired) electrons. The highest BCUT2D eigenvalue weighted by Gasteiger charge is 2.34. The summed E-state index contributed by atoms with van der Waals surface area (Å²) >= 11 is 1.73. The highest BCUT2D eigenvalue weighted by molar-refractivity contribution is 7.07. The van der Waals surface area contributed by atoms with Crippen LogP contribution in [0.4, 0.5) is 0 Å². The van der Waals surface area contributed by atoms with E-state index in [4.69, 9.17) is 4.74 Å². The first-order chi connectivity index (χ1) is 8.22. The van der Waals surface area contributed by atoms with Crippen molar-refractivity contribution in [3.05, 3.63) is 22.4 Å². The molecule has 1 aliphatic rings. The summed E-state index contributed by atoms with van der Waals surface area (Å²) in [5.74, 6) is 0. The van der Waals surface area contributed by atoms with Crippen LogP contribution < -0.4 is 0 Å². The topological polar surface area (TPSA) is 29.5 Å². The summed E-state index contributed by atoms with van der Waals surface area (Å²) in [6, 6.07) is 2.15. The molecule has 2 heterocycles. The second kappa shape index (κ2) is 5.98. The van der Waals surface area contributed by atoms with Gasteiger partial charge in [0.15, 0.2) is 0 Å². The number of rotatable bonds is 5. The van der Waals surface area contributed by atoms with E-state index in [1.807, 2.05) is 0 Å². The molecule has 2 nitrogen and oxygen atoms in total. The third-order valence-electron chi connectivity index (χ3n) is 3.60. The lowest BCUT2D eigenvalue weighted by Crippen LogP contribution is -2.41. The molecule has 2 rings (SSSR count). The van der Waals surface area contributed by atoms with Gasteiger partial charge in [0.25, 0.3) is 0 Å². The lowest BCUT2D eigenvalue weighted by Gasteiger charge is -2.37. The Labute approximate surface area is 108 Å². The minimum Gasteiger partial charge on any atom is -0.390 e. The fourth-order valence-electron chi connectivity index (χ4n) is 2.55. The van der Waals surface area contributed by atoms with E-state index in [0.717, 1.165) is 38.5 Å². The molecule has 3 heteroatoms. The van der Waals surface area contributed by atoms with Crippen LogP contribution in [0.2, 0.25) is 0 Å². The van der Waals surface area contributed by atoms with Gasteiger partial charge >= 0.3 is 0 Å². The first-order valence-corrected chi connectivity index (χ1v) is 7.51. The summed E-state index contributed by atoms with van der Waals surface area (Å²) in [5, 5.41) is 14.9. The van der Waals surface area contributed by atoms with Crippen LogP contribution >= 0.6 is 11.3 Å². The quantitative estimate of drug-likeness (QED) is 0.872. The van der Waals surface area contributed by atoms with Gasteiger partial charge in [0.1, 0.15) is 0 Å². The maximum absolute atomic E-state index is 10.6. The Hall–Kier alpha value is -0.380. The third-order valence-corrected chi connectivity index (χ3v) is 4.33. The van der Waals surface area contributed by atoms with E-state index in [9.17, 15) is 5.11 Å². The van der Waals surface area contributed by atoms with Crippen LogP contribution in [0.1, 0.15) is 44.6 Å². The molecule has 1 N–H and O–H groups in total. The number of aliphatic hydroxyl groups is 1. The summed E-state index contributed by atoms with van der Waals surface area (Å²) < 4.78 is 5.69. The second-order valence-electron chi connectivity index (χ2n) is 5.09. The first kappa shape index (κ1) is 13.1. The Bertz CT molecular complexity index is 321. The van der Waals surface area contributed by atoms with Gasteiger partial charge in [-0.2, -0.15) is 11.3 Å². The molecule has 2 unspecified atom stereocenters. The predicted molar refractivity (Wildman–Crippen MR) is 71.5 cm³/mol. The molecular formula is C14H22O2S. The van der Waals surface area contributed by atoms with Gasteiger partial charge in [-0.15, -0.1) is 0 Å². The maximum atomic E-state index is 10.6. The molecule has 0 amide bonds. The average Bonchev–Trinajstić information content (AvgIpc) is 2.80. The standard InChI is InChI=1S/C14H22O2S/c1-2-3-13-10-14(15,7-8-16-13)6-4-12-5-9-17-11-12/h5,9,11,13,15H,2-4,6-8,10H2,1H3. The first-order valence-electron chi connectivity index (χ1n) is 6.57. The summed E-state index contributed by atoms with van der Waals surface area (Å²) in [6.45, 7) is 2.88. The fraction of sp³-hybridized carbons (Fsp3) is 0.714. The third kappa shape index (κ3) is 3.80. The number of hydrogen-bond acceptors (Lipinski definition) is 3. The van der Waals surface area contributed by atoms with E-state index in [2.05, 4.69) is 23.8 Å². The Balaban J connectivity index is 1.85. The SMILES string of the molecule is CCCC1CC(O)(CCc2ccsc2)CCO1. The Morgan fingerprint density at radius 1 is 1.59 bits per heavy atom. The molecule has 1 aromatic heterocycles. The molecule has 1 aliphatic heterocycles. The van der Waals surface area contributed by atoms with Gasteiger partial charge in [-0.05, 0) is 48.1 Å². The van der Waals surface area contributed by atoms with E-state index in [0.29, 0.717) is 6.61 Å². The second-order valence-corrected chi connectivity index (χ2v) is 5.87. The zero-order valence-electron chi connectivity index (χ0n) is 10.5. The van der Waals surface area contributed by atoms with E-state index < -0.39 is 5.60 Å². The molecule has 0 aliphatic carbocycles.